The van der Waals surface area contributed by atoms with Gasteiger partial charge in [-0.3, -0.25) is 4.79 Å². The molecule has 0 atom stereocenters. The molecule has 26 heavy (non-hydrogen) atoms. The average molecular weight is 357 g/mol. The lowest BCUT2D eigenvalue weighted by atomic mass is 9.90. The van der Waals surface area contributed by atoms with Crippen LogP contribution < -0.4 is 4.74 Å². The maximum atomic E-state index is 12.4. The number of hydrogen-bond acceptors (Lipinski definition) is 4. The number of piperidine rings is 1. The number of rotatable bonds is 6. The van der Waals surface area contributed by atoms with Crippen molar-refractivity contribution in [3.8, 4) is 5.75 Å². The van der Waals surface area contributed by atoms with Crippen molar-refractivity contribution in [3.05, 3.63) is 54.0 Å². The standard InChI is InChI=1S/C20H23NO5/c1-15-4-6-17(7-5-15)26-20(19(23)24)10-12-21(13-11-20)18(22)9-8-16-3-2-14-25-16/h2-7,14H,8-13H2,1H3,(H,23,24). The van der Waals surface area contributed by atoms with Crippen molar-refractivity contribution in [2.45, 2.75) is 38.2 Å². The molecule has 0 bridgehead atoms. The summed E-state index contributed by atoms with van der Waals surface area (Å²) in [4.78, 5) is 25.9. The summed E-state index contributed by atoms with van der Waals surface area (Å²) >= 11 is 0. The summed E-state index contributed by atoms with van der Waals surface area (Å²) in [5.74, 6) is 0.338. The number of aryl methyl sites for hydroxylation is 2. The van der Waals surface area contributed by atoms with E-state index in [1.807, 2.05) is 25.1 Å². The van der Waals surface area contributed by atoms with E-state index >= 15 is 0 Å². The fourth-order valence-corrected chi connectivity index (χ4v) is 3.15. The number of carbonyl (C=O) groups excluding carboxylic acids is 1. The van der Waals surface area contributed by atoms with Gasteiger partial charge in [0.25, 0.3) is 0 Å². The Bertz CT molecular complexity index is 743. The fraction of sp³-hybridized carbons (Fsp3) is 0.400. The highest BCUT2D eigenvalue weighted by molar-refractivity contribution is 5.80. The summed E-state index contributed by atoms with van der Waals surface area (Å²) in [7, 11) is 0. The van der Waals surface area contributed by atoms with Crippen LogP contribution in [0.25, 0.3) is 0 Å². The number of nitrogens with zero attached hydrogens (tertiary/aromatic N) is 1. The Morgan fingerprint density at radius 2 is 1.88 bits per heavy atom. The second-order valence-electron chi connectivity index (χ2n) is 6.67. The molecule has 0 saturated carbocycles. The van der Waals surface area contributed by atoms with Crippen molar-refractivity contribution in [1.82, 2.24) is 4.90 Å². The zero-order valence-corrected chi connectivity index (χ0v) is 14.8. The van der Waals surface area contributed by atoms with Crippen LogP contribution in [0.5, 0.6) is 5.75 Å². The summed E-state index contributed by atoms with van der Waals surface area (Å²) in [6, 6.07) is 11.0. The number of benzene rings is 1. The van der Waals surface area contributed by atoms with E-state index in [4.69, 9.17) is 9.15 Å². The van der Waals surface area contributed by atoms with Crippen LogP contribution in [0.15, 0.2) is 47.1 Å². The average Bonchev–Trinajstić information content (AvgIpc) is 3.16. The van der Waals surface area contributed by atoms with Crippen LogP contribution in [0.2, 0.25) is 0 Å². The number of furan rings is 1. The number of carbonyl (C=O) groups is 2. The van der Waals surface area contributed by atoms with Gasteiger partial charge in [-0.1, -0.05) is 17.7 Å². The first-order chi connectivity index (χ1) is 12.5. The zero-order chi connectivity index (χ0) is 18.6. The van der Waals surface area contributed by atoms with E-state index in [0.717, 1.165) is 11.3 Å². The van der Waals surface area contributed by atoms with Crippen LogP contribution in [0.1, 0.15) is 30.6 Å². The third-order valence-electron chi connectivity index (χ3n) is 4.81. The fourth-order valence-electron chi connectivity index (χ4n) is 3.15. The number of aliphatic carboxylic acids is 1. The molecule has 1 N–H and O–H groups in total. The lowest BCUT2D eigenvalue weighted by molar-refractivity contribution is -0.161. The van der Waals surface area contributed by atoms with Crippen molar-refractivity contribution >= 4 is 11.9 Å². The van der Waals surface area contributed by atoms with Gasteiger partial charge >= 0.3 is 5.97 Å². The lowest BCUT2D eigenvalue weighted by Crippen LogP contribution is -2.54. The maximum absolute atomic E-state index is 12.4. The smallest absolute Gasteiger partial charge is 0.348 e. The summed E-state index contributed by atoms with van der Waals surface area (Å²) in [6.45, 7) is 2.70. The summed E-state index contributed by atoms with van der Waals surface area (Å²) in [5, 5.41) is 9.72. The molecule has 1 aromatic heterocycles. The van der Waals surface area contributed by atoms with Gasteiger partial charge in [-0.25, -0.2) is 4.79 Å². The van der Waals surface area contributed by atoms with Crippen LogP contribution >= 0.6 is 0 Å². The van der Waals surface area contributed by atoms with Crippen LogP contribution in [0, 0.1) is 6.92 Å². The zero-order valence-electron chi connectivity index (χ0n) is 14.8. The van der Waals surface area contributed by atoms with E-state index in [9.17, 15) is 14.7 Å². The first-order valence-electron chi connectivity index (χ1n) is 8.78. The van der Waals surface area contributed by atoms with E-state index < -0.39 is 11.6 Å². The van der Waals surface area contributed by atoms with E-state index in [2.05, 4.69) is 0 Å². The second kappa shape index (κ2) is 7.64. The largest absolute Gasteiger partial charge is 0.478 e. The van der Waals surface area contributed by atoms with Crippen molar-refractivity contribution in [1.29, 1.82) is 0 Å². The summed E-state index contributed by atoms with van der Waals surface area (Å²) in [6.07, 6.45) is 3.02. The van der Waals surface area contributed by atoms with Crippen molar-refractivity contribution in [3.63, 3.8) is 0 Å². The van der Waals surface area contributed by atoms with Gasteiger partial charge in [0.15, 0.2) is 0 Å². The molecular weight excluding hydrogens is 334 g/mol. The van der Waals surface area contributed by atoms with Gasteiger partial charge in [-0.2, -0.15) is 0 Å². The minimum absolute atomic E-state index is 0.00993. The molecule has 0 spiro atoms. The molecule has 6 nitrogen and oxygen atoms in total. The lowest BCUT2D eigenvalue weighted by Gasteiger charge is -2.39. The molecule has 2 heterocycles. The molecule has 0 unspecified atom stereocenters. The Kier molecular flexibility index (Phi) is 5.30. The first-order valence-corrected chi connectivity index (χ1v) is 8.78. The molecule has 1 aliphatic rings. The molecule has 0 radical (unpaired) electrons. The number of carboxylic acid groups (broad SMARTS) is 1. The van der Waals surface area contributed by atoms with Gasteiger partial charge in [-0.15, -0.1) is 0 Å². The quantitative estimate of drug-likeness (QED) is 0.859. The van der Waals surface area contributed by atoms with Gasteiger partial charge in [0.05, 0.1) is 6.26 Å². The molecular formula is C20H23NO5. The van der Waals surface area contributed by atoms with Gasteiger partial charge in [0, 0.05) is 38.8 Å². The minimum atomic E-state index is -1.28. The van der Waals surface area contributed by atoms with E-state index in [1.54, 1.807) is 29.4 Å². The topological polar surface area (TPSA) is 80.0 Å². The molecule has 1 aliphatic heterocycles. The Labute approximate surface area is 152 Å². The number of hydrogen-bond donors (Lipinski definition) is 1. The molecule has 0 aliphatic carbocycles. The predicted molar refractivity (Wildman–Crippen MR) is 95.0 cm³/mol. The van der Waals surface area contributed by atoms with Crippen LogP contribution in [-0.4, -0.2) is 40.6 Å². The van der Waals surface area contributed by atoms with Crippen LogP contribution in [-0.2, 0) is 16.0 Å². The highest BCUT2D eigenvalue weighted by Crippen LogP contribution is 2.30. The normalized spacial score (nSPS) is 16.3. The highest BCUT2D eigenvalue weighted by atomic mass is 16.5. The Morgan fingerprint density at radius 3 is 2.46 bits per heavy atom. The van der Waals surface area contributed by atoms with E-state index in [-0.39, 0.29) is 18.7 Å². The van der Waals surface area contributed by atoms with E-state index in [0.29, 0.717) is 31.7 Å². The van der Waals surface area contributed by atoms with E-state index in [1.165, 1.54) is 0 Å². The third kappa shape index (κ3) is 4.07. The molecule has 1 aromatic carbocycles. The van der Waals surface area contributed by atoms with Crippen LogP contribution in [0.3, 0.4) is 0 Å². The van der Waals surface area contributed by atoms with Crippen molar-refractivity contribution in [2.24, 2.45) is 0 Å². The molecule has 3 rings (SSSR count). The second-order valence-corrected chi connectivity index (χ2v) is 6.67. The number of ether oxygens (including phenoxy) is 1. The minimum Gasteiger partial charge on any atom is -0.478 e. The van der Waals surface area contributed by atoms with Gasteiger partial charge < -0.3 is 19.2 Å². The Balaban J connectivity index is 1.59. The van der Waals surface area contributed by atoms with Gasteiger partial charge in [-0.05, 0) is 31.2 Å². The number of amides is 1. The first kappa shape index (κ1) is 18.0. The molecule has 2 aromatic rings. The number of likely N-dealkylation sites (tertiary alicyclic amines) is 1. The Morgan fingerprint density at radius 1 is 1.19 bits per heavy atom. The molecule has 138 valence electrons. The maximum Gasteiger partial charge on any atom is 0.348 e. The van der Waals surface area contributed by atoms with Gasteiger partial charge in [0.1, 0.15) is 11.5 Å². The van der Waals surface area contributed by atoms with Crippen molar-refractivity contribution in [2.75, 3.05) is 13.1 Å². The third-order valence-corrected chi connectivity index (χ3v) is 4.81. The SMILES string of the molecule is Cc1ccc(OC2(C(=O)O)CCN(C(=O)CCc3ccco3)CC2)cc1. The molecule has 6 heteroatoms. The summed E-state index contributed by atoms with van der Waals surface area (Å²) in [5.41, 5.74) is -0.203. The molecule has 1 saturated heterocycles. The highest BCUT2D eigenvalue weighted by Gasteiger charge is 2.44. The van der Waals surface area contributed by atoms with Gasteiger partial charge in [0.2, 0.25) is 11.5 Å². The summed E-state index contributed by atoms with van der Waals surface area (Å²) < 4.78 is 11.1. The number of carboxylic acids is 1. The van der Waals surface area contributed by atoms with Crippen LogP contribution in [0.4, 0.5) is 0 Å². The van der Waals surface area contributed by atoms with Crippen molar-refractivity contribution < 1.29 is 23.8 Å². The molecule has 1 fully saturated rings. The molecule has 1 amide bonds. The monoisotopic (exact) mass is 357 g/mol. The Hall–Kier alpha value is -2.76. The predicted octanol–water partition coefficient (Wildman–Crippen LogP) is 3.05.